The van der Waals surface area contributed by atoms with Gasteiger partial charge < -0.3 is 21.5 Å². The molecule has 6 heterocycles. The fourth-order valence-electron chi connectivity index (χ4n) is 13.2. The molecule has 1 aliphatic carbocycles. The number of rotatable bonds is 13. The Balaban J connectivity index is 0.000000132. The lowest BCUT2D eigenvalue weighted by molar-refractivity contribution is -0.423. The smallest absolute Gasteiger partial charge is 0.423 e. The maximum absolute atomic E-state index is 11.9. The highest BCUT2D eigenvalue weighted by Crippen LogP contribution is 2.51. The zero-order chi connectivity index (χ0) is 91.4. The molecule has 0 unspecified atom stereocenters. The van der Waals surface area contributed by atoms with Crippen LogP contribution in [0.25, 0.3) is 144 Å². The molecule has 0 bridgehead atoms. The molecule has 0 aliphatic heterocycles. The maximum atomic E-state index is 11.9. The van der Waals surface area contributed by atoms with Crippen molar-refractivity contribution in [1.29, 1.82) is 0 Å². The SMILES string of the molecule is Brc1ccc(Br)c2nsnc12.CCCCC.Nc1c(N)c(-c2ccccc2)c2nsnc2c1-c1ccccc1.O=C1C=CC=CC1=O.O=[N+]([O-])c1c([N+](=O)[O-])c(-c2ccccc2)c2nsnc2c1-c1ccccc1.O=[N+]([O-])c1c([N+](=O)[O-])c(Br)c2nsnc2c1Br.OB(O)c1ccccc1.c1ccc(-c2c3nsnc3c(-c3ccccc3)c3nc4ccccc4nc23)cc1. The molecule has 1 aliphatic rings. The number of hydrogen-bond acceptors (Lipinski definition) is 31. The van der Waals surface area contributed by atoms with Gasteiger partial charge in [-0.1, -0.05) is 270 Å². The van der Waals surface area contributed by atoms with E-state index in [4.69, 9.17) is 31.5 Å². The van der Waals surface area contributed by atoms with Crippen LogP contribution in [0.4, 0.5) is 34.1 Å². The number of nitrogen functional groups attached to an aromatic ring is 2. The molecule has 0 saturated carbocycles. The molecule has 0 atom stereocenters. The molecule has 13 aromatic carbocycles. The van der Waals surface area contributed by atoms with Crippen molar-refractivity contribution in [1.82, 2.24) is 53.7 Å². The molecule has 0 saturated heterocycles. The summed E-state index contributed by atoms with van der Waals surface area (Å²) in [6.45, 7) is 4.42. The summed E-state index contributed by atoms with van der Waals surface area (Å²) in [4.78, 5) is 73.2. The van der Waals surface area contributed by atoms with Gasteiger partial charge in [0.1, 0.15) is 75.1 Å². The van der Waals surface area contributed by atoms with E-state index in [1.165, 1.54) is 66.6 Å². The number of allylic oxidation sites excluding steroid dienone is 4. The minimum Gasteiger partial charge on any atom is -0.423 e. The number of halogens is 4. The van der Waals surface area contributed by atoms with Crippen LogP contribution in [0, 0.1) is 40.5 Å². The average Bonchev–Trinajstić information content (AvgIpc) is 1.72. The van der Waals surface area contributed by atoms with E-state index in [1.54, 1.807) is 97.1 Å². The van der Waals surface area contributed by atoms with Crippen molar-refractivity contribution in [3.63, 3.8) is 0 Å². The van der Waals surface area contributed by atoms with Gasteiger partial charge in [-0.15, -0.1) is 0 Å². The summed E-state index contributed by atoms with van der Waals surface area (Å²) in [5.74, 6) is -0.875. The summed E-state index contributed by atoms with van der Waals surface area (Å²) in [5.41, 5.74) is 30.6. The molecule has 0 spiro atoms. The van der Waals surface area contributed by atoms with Crippen LogP contribution in [-0.2, 0) is 9.59 Å². The summed E-state index contributed by atoms with van der Waals surface area (Å²) in [5, 5.41) is 62.8. The molecule has 129 heavy (non-hydrogen) atoms. The zero-order valence-electron chi connectivity index (χ0n) is 67.0. The van der Waals surface area contributed by atoms with Crippen molar-refractivity contribution in [2.24, 2.45) is 0 Å². The lowest BCUT2D eigenvalue weighted by Crippen LogP contribution is -2.29. The Morgan fingerprint density at radius 2 is 0.558 bits per heavy atom. The third-order valence-electron chi connectivity index (χ3n) is 19.1. The number of nitrogens with two attached hydrogens (primary N) is 2. The summed E-state index contributed by atoms with van der Waals surface area (Å²) in [7, 11) is -1.34. The van der Waals surface area contributed by atoms with Gasteiger partial charge in [-0.05, 0) is 139 Å². The number of anilines is 2. The summed E-state index contributed by atoms with van der Waals surface area (Å²) in [6, 6.07) is 77.9. The predicted molar refractivity (Wildman–Crippen MR) is 526 cm³/mol. The standard InChI is InChI=1S/C24H14N4S.C18H10N4O4S.C18H14N4S.C6H7BO2.C6Br2N4O4S.C6H2Br2N2S.C6H4O2.C5H12/c1-3-9-15(10-4-1)19-21-22(26-18-14-8-7-13-17(18)25-21)20(16-11-5-2-6-12-16)24-23(19)27-29-28-24;23-21(24)17-13(11-7-3-1-4-8-11)15-16(20-27-19-15)14(18(17)22(25)26)12-9-5-2-6-10-12;19-15-13(11-7-3-1-4-8-11)17-18(22-23-21-17)14(16(15)20)12-9-5-2-6-10-12;8-7(9)6-4-2-1-3-5-6;7-1-3-4(10-17-9-3)2(8)6(12(15)16)5(1)11(13)14;7-3-1-2-4(8)6-5(3)9-11-10-6;7-5-3-1-2-4-6(5)8;1-3-5-4-2/h1-14H;1-10H;1-10H,19-20H2;1-5,8-9H;;1-2H;1-4H;3-5H2,1-2H3. The van der Waals surface area contributed by atoms with E-state index in [0.29, 0.717) is 28.0 Å². The van der Waals surface area contributed by atoms with E-state index in [0.717, 1.165) is 132 Å². The third kappa shape index (κ3) is 21.2. The number of carbonyl (C=O) groups is 2. The van der Waals surface area contributed by atoms with Crippen molar-refractivity contribution < 1.29 is 39.3 Å². The Labute approximate surface area is 786 Å². The number of hydrogen-bond donors (Lipinski definition) is 4. The molecule has 30 nitrogen and oxygen atoms in total. The van der Waals surface area contributed by atoms with E-state index in [2.05, 4.69) is 146 Å². The Morgan fingerprint density at radius 3 is 0.814 bits per heavy atom. The minimum atomic E-state index is -1.34. The number of unbranched alkanes of at least 4 members (excludes halogenated alkanes) is 2. The minimum absolute atomic E-state index is 0.0406. The number of aromatic nitrogens is 12. The van der Waals surface area contributed by atoms with Gasteiger partial charge in [-0.3, -0.25) is 50.0 Å². The van der Waals surface area contributed by atoms with Crippen molar-refractivity contribution in [3.05, 3.63) is 331 Å². The van der Waals surface area contributed by atoms with Crippen molar-refractivity contribution >= 4 is 258 Å². The second-order valence-corrected chi connectivity index (χ2v) is 33.1. The van der Waals surface area contributed by atoms with Crippen molar-refractivity contribution in [3.8, 4) is 66.8 Å². The van der Waals surface area contributed by atoms with Crippen molar-refractivity contribution in [2.45, 2.75) is 33.1 Å². The number of nitro groups is 4. The molecular formula is C89H63BBr4N18O12S5. The largest absolute Gasteiger partial charge is 0.488 e. The Kier molecular flexibility index (Phi) is 31.6. The van der Waals surface area contributed by atoms with Gasteiger partial charge in [0.05, 0.1) is 112 Å². The highest BCUT2D eigenvalue weighted by Gasteiger charge is 2.40. The van der Waals surface area contributed by atoms with Gasteiger partial charge in [-0.25, -0.2) is 9.97 Å². The fraction of sp³-hybridized carbons (Fsp3) is 0.0562. The number of benzene rings is 13. The van der Waals surface area contributed by atoms with Gasteiger partial charge in [-0.2, -0.15) is 43.7 Å². The van der Waals surface area contributed by atoms with Crippen LogP contribution in [0.15, 0.2) is 291 Å². The highest BCUT2D eigenvalue weighted by atomic mass is 79.9. The van der Waals surface area contributed by atoms with Gasteiger partial charge >= 0.3 is 29.9 Å². The average molecular weight is 2070 g/mol. The first-order valence-corrected chi connectivity index (χ1v) is 45.3. The number of carbonyl (C=O) groups excluding carboxylic acids is 2. The predicted octanol–water partition coefficient (Wildman–Crippen LogP) is 23.2. The number of nitro benzene ring substituents is 4. The molecule has 0 radical (unpaired) electrons. The first kappa shape index (κ1) is 93.1. The summed E-state index contributed by atoms with van der Waals surface area (Å²) < 4.78 is 44.6. The van der Waals surface area contributed by atoms with E-state index >= 15 is 0 Å². The lowest BCUT2D eigenvalue weighted by atomic mass is 9.81. The van der Waals surface area contributed by atoms with Gasteiger partial charge in [0.2, 0.25) is 11.6 Å². The monoisotopic (exact) mass is 2060 g/mol. The number of fused-ring (bicyclic) bond motifs is 7. The fourth-order valence-corrected chi connectivity index (χ4v) is 18.6. The quantitative estimate of drug-likeness (QED) is 0.0158. The van der Waals surface area contributed by atoms with E-state index < -0.39 is 61.1 Å². The Morgan fingerprint density at radius 1 is 0.318 bits per heavy atom. The summed E-state index contributed by atoms with van der Waals surface area (Å²) >= 11 is 18.0. The van der Waals surface area contributed by atoms with Crippen molar-refractivity contribution in [2.75, 3.05) is 11.5 Å². The normalized spacial score (nSPS) is 11.2. The van der Waals surface area contributed by atoms with Crippen LogP contribution in [0.5, 0.6) is 0 Å². The number of nitrogens with zero attached hydrogens (tertiary/aromatic N) is 16. The third-order valence-corrected chi connectivity index (χ3v) is 24.5. The molecule has 19 aromatic rings. The Hall–Kier alpha value is -13.5. The molecule has 0 fully saturated rings. The van der Waals surface area contributed by atoms with Crippen LogP contribution < -0.4 is 16.9 Å². The van der Waals surface area contributed by atoms with E-state index in [-0.39, 0.29) is 42.1 Å². The molecule has 6 aromatic heterocycles. The van der Waals surface area contributed by atoms with Gasteiger partial charge in [0.25, 0.3) is 0 Å². The second kappa shape index (κ2) is 43.8. The van der Waals surface area contributed by atoms with Crippen LogP contribution in [-0.4, -0.2) is 102 Å². The molecule has 20 rings (SSSR count). The van der Waals surface area contributed by atoms with Crippen LogP contribution >= 0.6 is 122 Å². The molecule has 642 valence electrons. The molecular weight excluding hydrogens is 2000 g/mol. The van der Waals surface area contributed by atoms with Crippen LogP contribution in [0.1, 0.15) is 33.1 Å². The number of para-hydroxylation sites is 2. The van der Waals surface area contributed by atoms with Crippen LogP contribution in [0.3, 0.4) is 0 Å². The van der Waals surface area contributed by atoms with E-state index in [9.17, 15) is 50.0 Å². The Bertz CT molecular complexity index is 7000. The van der Waals surface area contributed by atoms with E-state index in [1.807, 2.05) is 140 Å². The highest BCUT2D eigenvalue weighted by molar-refractivity contribution is 9.11. The van der Waals surface area contributed by atoms with Gasteiger partial charge in [0, 0.05) is 31.2 Å². The molecule has 6 N–H and O–H groups in total. The zero-order valence-corrected chi connectivity index (χ0v) is 77.4. The summed E-state index contributed by atoms with van der Waals surface area (Å²) in [6.07, 6.45) is 9.67. The molecule has 40 heteroatoms. The second-order valence-electron chi connectivity index (χ2n) is 27.2. The first-order valence-electron chi connectivity index (χ1n) is 38.5. The number of ketones is 2. The van der Waals surface area contributed by atoms with Crippen LogP contribution in [0.2, 0.25) is 0 Å². The molecule has 0 amide bonds. The first-order chi connectivity index (χ1) is 62.5. The topological polar surface area (TPSA) is 454 Å². The maximum Gasteiger partial charge on any atom is 0.488 e. The lowest BCUT2D eigenvalue weighted by Gasteiger charge is -2.14. The van der Waals surface area contributed by atoms with Gasteiger partial charge in [0.15, 0.2) is 0 Å².